The van der Waals surface area contributed by atoms with Gasteiger partial charge in [-0.1, -0.05) is 32.0 Å². The van der Waals surface area contributed by atoms with Crippen LogP contribution < -0.4 is 5.32 Å². The van der Waals surface area contributed by atoms with Gasteiger partial charge in [0.15, 0.2) is 0 Å². The van der Waals surface area contributed by atoms with E-state index in [-0.39, 0.29) is 0 Å². The third kappa shape index (κ3) is 3.35. The van der Waals surface area contributed by atoms with E-state index in [2.05, 4.69) is 43.4 Å². The zero-order valence-electron chi connectivity index (χ0n) is 12.8. The fourth-order valence-electron chi connectivity index (χ4n) is 3.93. The highest BCUT2D eigenvalue weighted by Crippen LogP contribution is 2.32. The lowest BCUT2D eigenvalue weighted by Crippen LogP contribution is -2.33. The van der Waals surface area contributed by atoms with Crippen molar-refractivity contribution in [2.75, 3.05) is 11.9 Å². The molecule has 0 spiro atoms. The Hall–Kier alpha value is -1.02. The number of ether oxygens (including phenoxy) is 1. The van der Waals surface area contributed by atoms with E-state index >= 15 is 0 Å². The van der Waals surface area contributed by atoms with Crippen LogP contribution in [-0.4, -0.2) is 18.8 Å². The highest BCUT2D eigenvalue weighted by molar-refractivity contribution is 5.52. The molecular weight excluding hydrogens is 246 g/mol. The zero-order valence-corrected chi connectivity index (χ0v) is 12.8. The maximum atomic E-state index is 6.42. The first-order valence-corrected chi connectivity index (χ1v) is 8.18. The van der Waals surface area contributed by atoms with Gasteiger partial charge in [-0.15, -0.1) is 0 Å². The van der Waals surface area contributed by atoms with Crippen LogP contribution in [0.15, 0.2) is 24.3 Å². The summed E-state index contributed by atoms with van der Waals surface area (Å²) in [5.74, 6) is 1.64. The number of anilines is 1. The Labute approximate surface area is 122 Å². The lowest BCUT2D eigenvalue weighted by atomic mass is 9.81. The van der Waals surface area contributed by atoms with E-state index in [1.807, 2.05) is 0 Å². The molecule has 0 saturated heterocycles. The number of nitrogens with one attached hydrogen (secondary N) is 1. The molecule has 1 fully saturated rings. The largest absolute Gasteiger partial charge is 0.382 e. The molecular formula is C18H27NO. The van der Waals surface area contributed by atoms with E-state index in [4.69, 9.17) is 4.74 Å². The molecule has 3 unspecified atom stereocenters. The predicted octanol–water partition coefficient (Wildman–Crippen LogP) is 4.25. The molecule has 0 aromatic heterocycles. The average Bonchev–Trinajstić information content (AvgIpc) is 2.61. The van der Waals surface area contributed by atoms with Gasteiger partial charge in [0, 0.05) is 12.2 Å². The van der Waals surface area contributed by atoms with Gasteiger partial charge in [0.2, 0.25) is 0 Å². The van der Waals surface area contributed by atoms with Crippen molar-refractivity contribution in [1.29, 1.82) is 0 Å². The molecule has 1 aromatic rings. The van der Waals surface area contributed by atoms with Gasteiger partial charge in [-0.25, -0.2) is 0 Å². The number of hydrogen-bond acceptors (Lipinski definition) is 2. The van der Waals surface area contributed by atoms with E-state index in [9.17, 15) is 0 Å². The molecule has 3 atom stereocenters. The molecule has 1 N–H and O–H groups in total. The van der Waals surface area contributed by atoms with E-state index in [0.717, 1.165) is 31.2 Å². The second kappa shape index (κ2) is 6.17. The monoisotopic (exact) mass is 273 g/mol. The van der Waals surface area contributed by atoms with Crippen LogP contribution in [0, 0.1) is 11.8 Å². The summed E-state index contributed by atoms with van der Waals surface area (Å²) in [6.45, 7) is 5.69. The lowest BCUT2D eigenvalue weighted by Gasteiger charge is -2.33. The van der Waals surface area contributed by atoms with Crippen LogP contribution >= 0.6 is 0 Å². The van der Waals surface area contributed by atoms with E-state index in [1.54, 1.807) is 0 Å². The van der Waals surface area contributed by atoms with Crippen molar-refractivity contribution >= 4 is 5.69 Å². The van der Waals surface area contributed by atoms with Crippen LogP contribution in [0.1, 0.15) is 45.1 Å². The maximum Gasteiger partial charge on any atom is 0.0754 e. The molecule has 0 radical (unpaired) electrons. The Morgan fingerprint density at radius 1 is 1.00 bits per heavy atom. The fourth-order valence-corrected chi connectivity index (χ4v) is 3.93. The quantitative estimate of drug-likeness (QED) is 0.869. The van der Waals surface area contributed by atoms with E-state index in [0.29, 0.717) is 12.2 Å². The molecule has 2 aliphatic rings. The molecule has 0 amide bonds. The zero-order chi connectivity index (χ0) is 13.9. The molecule has 2 heteroatoms. The van der Waals surface area contributed by atoms with Gasteiger partial charge in [0.1, 0.15) is 0 Å². The first-order chi connectivity index (χ1) is 9.70. The van der Waals surface area contributed by atoms with Crippen molar-refractivity contribution < 1.29 is 4.74 Å². The summed E-state index contributed by atoms with van der Waals surface area (Å²) in [6, 6.07) is 8.65. The second-order valence-electron chi connectivity index (χ2n) is 6.87. The topological polar surface area (TPSA) is 21.3 Å². The van der Waals surface area contributed by atoms with E-state index in [1.165, 1.54) is 30.5 Å². The first kappa shape index (κ1) is 13.9. The Morgan fingerprint density at radius 2 is 1.75 bits per heavy atom. The Kier molecular flexibility index (Phi) is 4.30. The smallest absolute Gasteiger partial charge is 0.0754 e. The van der Waals surface area contributed by atoms with Gasteiger partial charge in [-0.05, 0) is 55.6 Å². The van der Waals surface area contributed by atoms with Crippen LogP contribution in [-0.2, 0) is 11.2 Å². The summed E-state index contributed by atoms with van der Waals surface area (Å²) in [5.41, 5.74) is 2.73. The number of rotatable bonds is 2. The Bertz CT molecular complexity index is 408. The summed E-state index contributed by atoms with van der Waals surface area (Å²) < 4.78 is 6.42. The number of hydrogen-bond donors (Lipinski definition) is 1. The number of benzene rings is 1. The molecule has 110 valence electrons. The van der Waals surface area contributed by atoms with Gasteiger partial charge in [0.05, 0.1) is 12.2 Å². The molecule has 3 rings (SSSR count). The molecule has 1 saturated carbocycles. The SMILES string of the molecule is CC1CC(C)CC(OC2CCc3ccccc3NC2)C1. The predicted molar refractivity (Wildman–Crippen MR) is 84.1 cm³/mol. The minimum atomic E-state index is 0.366. The first-order valence-electron chi connectivity index (χ1n) is 8.18. The highest BCUT2D eigenvalue weighted by Gasteiger charge is 2.27. The molecule has 1 aliphatic carbocycles. The average molecular weight is 273 g/mol. The molecule has 0 bridgehead atoms. The van der Waals surface area contributed by atoms with Gasteiger partial charge < -0.3 is 10.1 Å². The standard InChI is InChI=1S/C18H27NO/c1-13-9-14(2)11-17(10-13)20-16-8-7-15-5-3-4-6-18(15)19-12-16/h3-6,13-14,16-17,19H,7-12H2,1-2H3. The summed E-state index contributed by atoms with van der Waals surface area (Å²) in [6.07, 6.45) is 6.97. The summed E-state index contributed by atoms with van der Waals surface area (Å²) >= 11 is 0. The van der Waals surface area contributed by atoms with Crippen molar-refractivity contribution in [3.05, 3.63) is 29.8 Å². The fraction of sp³-hybridized carbons (Fsp3) is 0.667. The highest BCUT2D eigenvalue weighted by atomic mass is 16.5. The van der Waals surface area contributed by atoms with Crippen molar-refractivity contribution in [1.82, 2.24) is 0 Å². The van der Waals surface area contributed by atoms with Crippen LogP contribution in [0.4, 0.5) is 5.69 Å². The number of fused-ring (bicyclic) bond motifs is 1. The van der Waals surface area contributed by atoms with Crippen LogP contribution in [0.2, 0.25) is 0 Å². The summed E-state index contributed by atoms with van der Waals surface area (Å²) in [7, 11) is 0. The van der Waals surface area contributed by atoms with Gasteiger partial charge >= 0.3 is 0 Å². The van der Waals surface area contributed by atoms with Crippen molar-refractivity contribution in [3.63, 3.8) is 0 Å². The normalized spacial score (nSPS) is 33.9. The Balaban J connectivity index is 1.57. The number of para-hydroxylation sites is 1. The molecule has 2 nitrogen and oxygen atoms in total. The third-order valence-corrected chi connectivity index (χ3v) is 4.79. The van der Waals surface area contributed by atoms with Gasteiger partial charge in [-0.2, -0.15) is 0 Å². The minimum absolute atomic E-state index is 0.366. The van der Waals surface area contributed by atoms with Crippen LogP contribution in [0.5, 0.6) is 0 Å². The maximum absolute atomic E-state index is 6.42. The van der Waals surface area contributed by atoms with Crippen molar-refractivity contribution in [3.8, 4) is 0 Å². The minimum Gasteiger partial charge on any atom is -0.382 e. The Morgan fingerprint density at radius 3 is 2.55 bits per heavy atom. The molecule has 20 heavy (non-hydrogen) atoms. The van der Waals surface area contributed by atoms with Crippen molar-refractivity contribution in [2.24, 2.45) is 11.8 Å². The molecule has 1 aliphatic heterocycles. The molecule has 1 aromatic carbocycles. The second-order valence-corrected chi connectivity index (χ2v) is 6.87. The summed E-state index contributed by atoms with van der Waals surface area (Å²) in [5, 5.41) is 3.56. The number of aryl methyl sites for hydroxylation is 1. The van der Waals surface area contributed by atoms with E-state index < -0.39 is 0 Å². The molecule has 1 heterocycles. The summed E-state index contributed by atoms with van der Waals surface area (Å²) in [4.78, 5) is 0. The van der Waals surface area contributed by atoms with Gasteiger partial charge in [-0.3, -0.25) is 0 Å². The van der Waals surface area contributed by atoms with Crippen LogP contribution in [0.3, 0.4) is 0 Å². The third-order valence-electron chi connectivity index (χ3n) is 4.79. The van der Waals surface area contributed by atoms with Crippen LogP contribution in [0.25, 0.3) is 0 Å². The lowest BCUT2D eigenvalue weighted by molar-refractivity contribution is -0.0454. The van der Waals surface area contributed by atoms with Gasteiger partial charge in [0.25, 0.3) is 0 Å². The van der Waals surface area contributed by atoms with Crippen molar-refractivity contribution in [2.45, 2.75) is 58.2 Å².